The average Bonchev–Trinajstić information content (AvgIpc) is 3.34. The van der Waals surface area contributed by atoms with Crippen molar-refractivity contribution in [3.05, 3.63) is 41.3 Å². The van der Waals surface area contributed by atoms with Gasteiger partial charge < -0.3 is 9.64 Å². The first kappa shape index (κ1) is 16.3. The number of halogens is 1. The van der Waals surface area contributed by atoms with E-state index < -0.39 is 0 Å². The van der Waals surface area contributed by atoms with Gasteiger partial charge in [0.2, 0.25) is 0 Å². The summed E-state index contributed by atoms with van der Waals surface area (Å²) in [4.78, 5) is 29.3. The molecule has 0 radical (unpaired) electrons. The summed E-state index contributed by atoms with van der Waals surface area (Å²) < 4.78 is 18.9. The van der Waals surface area contributed by atoms with Crippen molar-refractivity contribution in [2.24, 2.45) is 0 Å². The molecule has 0 spiro atoms. The van der Waals surface area contributed by atoms with Crippen molar-refractivity contribution < 1.29 is 18.7 Å². The van der Waals surface area contributed by atoms with Gasteiger partial charge in [0, 0.05) is 19.7 Å². The molecule has 4 rings (SSSR count). The molecule has 1 atom stereocenters. The molecule has 132 valence electrons. The molecular formula is C19H21FN2O3. The molecule has 0 aliphatic carbocycles. The summed E-state index contributed by atoms with van der Waals surface area (Å²) in [6.07, 6.45) is 3.75. The molecule has 3 aliphatic rings. The van der Waals surface area contributed by atoms with E-state index in [9.17, 15) is 14.0 Å². The fourth-order valence-corrected chi connectivity index (χ4v) is 3.83. The van der Waals surface area contributed by atoms with E-state index in [1.807, 2.05) is 4.90 Å². The van der Waals surface area contributed by atoms with Crippen LogP contribution in [0.15, 0.2) is 30.0 Å². The Kier molecular flexibility index (Phi) is 4.29. The van der Waals surface area contributed by atoms with Crippen molar-refractivity contribution in [2.45, 2.75) is 31.8 Å². The van der Waals surface area contributed by atoms with Gasteiger partial charge in [0.05, 0.1) is 18.2 Å². The highest BCUT2D eigenvalue weighted by atomic mass is 19.1. The summed E-state index contributed by atoms with van der Waals surface area (Å²) in [7, 11) is 0. The highest BCUT2D eigenvalue weighted by Gasteiger charge is 2.43. The van der Waals surface area contributed by atoms with Crippen LogP contribution in [0.4, 0.5) is 4.39 Å². The summed E-state index contributed by atoms with van der Waals surface area (Å²) in [5.41, 5.74) is 1.45. The maximum atomic E-state index is 13.3. The van der Waals surface area contributed by atoms with Gasteiger partial charge in [-0.2, -0.15) is 0 Å². The van der Waals surface area contributed by atoms with Crippen molar-refractivity contribution >= 4 is 17.4 Å². The number of imide groups is 1. The summed E-state index contributed by atoms with van der Waals surface area (Å²) in [5, 5.41) is 0. The van der Waals surface area contributed by atoms with Crippen LogP contribution in [0.5, 0.6) is 0 Å². The third-order valence-electron chi connectivity index (χ3n) is 5.11. The van der Waals surface area contributed by atoms with Gasteiger partial charge in [-0.15, -0.1) is 0 Å². The molecule has 0 aromatic heterocycles. The first-order chi connectivity index (χ1) is 12.1. The lowest BCUT2D eigenvalue weighted by molar-refractivity contribution is -0.139. The number of benzene rings is 1. The van der Waals surface area contributed by atoms with E-state index in [-0.39, 0.29) is 23.7 Å². The molecular weight excluding hydrogens is 323 g/mol. The summed E-state index contributed by atoms with van der Waals surface area (Å²) in [5.74, 6) is -0.907. The maximum Gasteiger partial charge on any atom is 0.277 e. The molecule has 3 heterocycles. The summed E-state index contributed by atoms with van der Waals surface area (Å²) in [6, 6.07) is 5.79. The van der Waals surface area contributed by atoms with Crippen LogP contribution in [0.25, 0.3) is 5.57 Å². The Morgan fingerprint density at radius 1 is 1.04 bits per heavy atom. The largest absolute Gasteiger partial charge is 0.376 e. The smallest absolute Gasteiger partial charge is 0.277 e. The minimum atomic E-state index is -0.361. The van der Waals surface area contributed by atoms with Crippen LogP contribution in [-0.4, -0.2) is 54.0 Å². The van der Waals surface area contributed by atoms with Gasteiger partial charge in [-0.1, -0.05) is 12.1 Å². The van der Waals surface area contributed by atoms with Gasteiger partial charge in [-0.3, -0.25) is 14.5 Å². The van der Waals surface area contributed by atoms with Crippen molar-refractivity contribution in [1.29, 1.82) is 0 Å². The van der Waals surface area contributed by atoms with Crippen molar-refractivity contribution in [1.82, 2.24) is 9.80 Å². The quantitative estimate of drug-likeness (QED) is 0.786. The number of hydrogen-bond donors (Lipinski definition) is 0. The fraction of sp³-hybridized carbons (Fsp3) is 0.474. The predicted molar refractivity (Wildman–Crippen MR) is 89.8 cm³/mol. The van der Waals surface area contributed by atoms with Crippen molar-refractivity contribution in [2.75, 3.05) is 26.2 Å². The standard InChI is InChI=1S/C19H21FN2O3/c20-14-7-5-13(6-8-14)16-17(21-9-1-2-10-21)19(24)22(18(16)23)12-15-4-3-11-25-15/h5-8,15H,1-4,9-12H2. The zero-order valence-corrected chi connectivity index (χ0v) is 14.0. The molecule has 5 nitrogen and oxygen atoms in total. The Balaban J connectivity index is 1.70. The van der Waals surface area contributed by atoms with Crippen molar-refractivity contribution in [3.8, 4) is 0 Å². The van der Waals surface area contributed by atoms with Crippen LogP contribution >= 0.6 is 0 Å². The van der Waals surface area contributed by atoms with Crippen LogP contribution < -0.4 is 0 Å². The number of carbonyl (C=O) groups excluding carboxylic acids is 2. The monoisotopic (exact) mass is 344 g/mol. The van der Waals surface area contributed by atoms with Crippen LogP contribution in [0.3, 0.4) is 0 Å². The molecule has 0 saturated carbocycles. The van der Waals surface area contributed by atoms with E-state index in [2.05, 4.69) is 0 Å². The summed E-state index contributed by atoms with van der Waals surface area (Å²) in [6.45, 7) is 2.51. The molecule has 2 amide bonds. The van der Waals surface area contributed by atoms with E-state index in [0.717, 1.165) is 38.8 Å². The number of amides is 2. The Hall–Kier alpha value is -2.21. The number of hydrogen-bond acceptors (Lipinski definition) is 4. The van der Waals surface area contributed by atoms with E-state index >= 15 is 0 Å². The number of carbonyl (C=O) groups is 2. The third kappa shape index (κ3) is 2.95. The minimum Gasteiger partial charge on any atom is -0.376 e. The lowest BCUT2D eigenvalue weighted by Gasteiger charge is -2.21. The number of rotatable bonds is 4. The van der Waals surface area contributed by atoms with Crippen LogP contribution in [-0.2, 0) is 14.3 Å². The van der Waals surface area contributed by atoms with Crippen LogP contribution in [0, 0.1) is 5.82 Å². The molecule has 0 N–H and O–H groups in total. The zero-order chi connectivity index (χ0) is 17.4. The number of ether oxygens (including phenoxy) is 1. The molecule has 1 aromatic carbocycles. The second-order valence-corrected chi connectivity index (χ2v) is 6.78. The lowest BCUT2D eigenvalue weighted by Crippen LogP contribution is -2.39. The Morgan fingerprint density at radius 2 is 1.76 bits per heavy atom. The normalized spacial score (nSPS) is 24.1. The molecule has 3 aliphatic heterocycles. The van der Waals surface area contributed by atoms with E-state index in [0.29, 0.717) is 30.0 Å². The number of nitrogens with zero attached hydrogens (tertiary/aromatic N) is 2. The van der Waals surface area contributed by atoms with Crippen LogP contribution in [0.2, 0.25) is 0 Å². The second kappa shape index (κ2) is 6.59. The second-order valence-electron chi connectivity index (χ2n) is 6.78. The molecule has 25 heavy (non-hydrogen) atoms. The first-order valence-corrected chi connectivity index (χ1v) is 8.88. The minimum absolute atomic E-state index is 0.0831. The van der Waals surface area contributed by atoms with Gasteiger partial charge in [0.25, 0.3) is 11.8 Å². The molecule has 2 fully saturated rings. The van der Waals surface area contributed by atoms with E-state index in [1.54, 1.807) is 12.1 Å². The van der Waals surface area contributed by atoms with Gasteiger partial charge >= 0.3 is 0 Å². The first-order valence-electron chi connectivity index (χ1n) is 8.88. The molecule has 2 saturated heterocycles. The zero-order valence-electron chi connectivity index (χ0n) is 14.0. The lowest BCUT2D eigenvalue weighted by atomic mass is 10.0. The van der Waals surface area contributed by atoms with Gasteiger partial charge in [-0.05, 0) is 43.4 Å². The van der Waals surface area contributed by atoms with Crippen LogP contribution in [0.1, 0.15) is 31.2 Å². The average molecular weight is 344 g/mol. The predicted octanol–water partition coefficient (Wildman–Crippen LogP) is 2.18. The van der Waals surface area contributed by atoms with E-state index in [4.69, 9.17) is 4.74 Å². The van der Waals surface area contributed by atoms with Crippen molar-refractivity contribution in [3.63, 3.8) is 0 Å². The highest BCUT2D eigenvalue weighted by molar-refractivity contribution is 6.35. The Labute approximate surface area is 146 Å². The maximum absolute atomic E-state index is 13.3. The molecule has 1 aromatic rings. The summed E-state index contributed by atoms with van der Waals surface area (Å²) >= 11 is 0. The third-order valence-corrected chi connectivity index (χ3v) is 5.11. The topological polar surface area (TPSA) is 49.9 Å². The Bertz CT molecular complexity index is 717. The fourth-order valence-electron chi connectivity index (χ4n) is 3.83. The van der Waals surface area contributed by atoms with Gasteiger partial charge in [-0.25, -0.2) is 4.39 Å². The SMILES string of the molecule is O=C1C(c2ccc(F)cc2)=C(N2CCCC2)C(=O)N1CC1CCCO1. The highest BCUT2D eigenvalue weighted by Crippen LogP contribution is 2.34. The molecule has 1 unspecified atom stereocenters. The molecule has 6 heteroatoms. The Morgan fingerprint density at radius 3 is 2.40 bits per heavy atom. The molecule has 0 bridgehead atoms. The van der Waals surface area contributed by atoms with Gasteiger partial charge in [0.1, 0.15) is 11.5 Å². The number of likely N-dealkylation sites (tertiary alicyclic amines) is 1. The van der Waals surface area contributed by atoms with Gasteiger partial charge in [0.15, 0.2) is 0 Å². The van der Waals surface area contributed by atoms with E-state index in [1.165, 1.54) is 17.0 Å².